The molecule has 0 aliphatic carbocycles. The van der Waals surface area contributed by atoms with Crippen molar-refractivity contribution >= 4 is 11.8 Å². The highest BCUT2D eigenvalue weighted by atomic mass is 16.4. The second-order valence-corrected chi connectivity index (χ2v) is 3.74. The van der Waals surface area contributed by atoms with Crippen molar-refractivity contribution in [2.24, 2.45) is 0 Å². The van der Waals surface area contributed by atoms with E-state index < -0.39 is 5.97 Å². The predicted octanol–water partition coefficient (Wildman–Crippen LogP) is 3.61. The standard InChI is InChI=1S/C7H12O.C5H8O2.CH4/c1-5(2)6(3)7(4)8;1-4(2)3-5(6)7;/h1-4H3;3H,1-2H3,(H,6,7);1H4. The van der Waals surface area contributed by atoms with Gasteiger partial charge in [0.1, 0.15) is 0 Å². The van der Waals surface area contributed by atoms with Gasteiger partial charge in [0.05, 0.1) is 0 Å². The van der Waals surface area contributed by atoms with E-state index >= 15 is 0 Å². The molecule has 0 amide bonds. The fraction of sp³-hybridized carbons (Fsp3) is 0.538. The lowest BCUT2D eigenvalue weighted by Crippen LogP contribution is -1.92. The molecule has 1 N–H and O–H groups in total. The Labute approximate surface area is 98.9 Å². The van der Waals surface area contributed by atoms with Crippen LogP contribution < -0.4 is 0 Å². The minimum absolute atomic E-state index is 0. The van der Waals surface area contributed by atoms with Crippen molar-refractivity contribution in [3.05, 3.63) is 22.8 Å². The number of carbonyl (C=O) groups is 2. The van der Waals surface area contributed by atoms with E-state index in [0.717, 1.165) is 16.7 Å². The Bertz CT molecular complexity index is 288. The van der Waals surface area contributed by atoms with Crippen molar-refractivity contribution in [3.8, 4) is 0 Å². The Morgan fingerprint density at radius 2 is 1.31 bits per heavy atom. The number of ketones is 1. The summed E-state index contributed by atoms with van der Waals surface area (Å²) in [5, 5.41) is 8.01. The molecule has 16 heavy (non-hydrogen) atoms. The zero-order valence-corrected chi connectivity index (χ0v) is 10.3. The first-order valence-corrected chi connectivity index (χ1v) is 4.71. The highest BCUT2D eigenvalue weighted by Gasteiger charge is 1.95. The summed E-state index contributed by atoms with van der Waals surface area (Å²) >= 11 is 0. The third kappa shape index (κ3) is 15.1. The normalized spacial score (nSPS) is 7.62. The third-order valence-corrected chi connectivity index (χ3v) is 1.69. The molecule has 0 aliphatic heterocycles. The number of allylic oxidation sites excluding steroid dienone is 3. The minimum Gasteiger partial charge on any atom is -0.478 e. The number of carbonyl (C=O) groups excluding carboxylic acids is 1. The van der Waals surface area contributed by atoms with Crippen LogP contribution in [-0.2, 0) is 9.59 Å². The number of hydrogen-bond donors (Lipinski definition) is 1. The summed E-state index contributed by atoms with van der Waals surface area (Å²) in [6.07, 6.45) is 1.17. The molecule has 3 nitrogen and oxygen atoms in total. The Morgan fingerprint density at radius 3 is 1.31 bits per heavy atom. The number of rotatable bonds is 2. The van der Waals surface area contributed by atoms with Crippen LogP contribution in [0, 0.1) is 0 Å². The van der Waals surface area contributed by atoms with E-state index in [1.54, 1.807) is 20.8 Å². The van der Waals surface area contributed by atoms with Crippen molar-refractivity contribution in [1.29, 1.82) is 0 Å². The van der Waals surface area contributed by atoms with Gasteiger partial charge in [-0.2, -0.15) is 0 Å². The first-order chi connectivity index (χ1) is 6.68. The summed E-state index contributed by atoms with van der Waals surface area (Å²) in [7, 11) is 0. The Hall–Kier alpha value is -1.38. The van der Waals surface area contributed by atoms with Crippen molar-refractivity contribution < 1.29 is 14.7 Å². The lowest BCUT2D eigenvalue weighted by Gasteiger charge is -1.94. The Kier molecular flexibility index (Phi) is 12.7. The summed E-state index contributed by atoms with van der Waals surface area (Å²) in [6.45, 7) is 10.8. The number of hydrogen-bond acceptors (Lipinski definition) is 2. The zero-order chi connectivity index (χ0) is 12.6. The molecule has 0 rings (SSSR count). The van der Waals surface area contributed by atoms with Gasteiger partial charge in [0.25, 0.3) is 0 Å². The Balaban J connectivity index is -0.000000200. The smallest absolute Gasteiger partial charge is 0.328 e. The maximum Gasteiger partial charge on any atom is 0.328 e. The molecule has 0 unspecified atom stereocenters. The van der Waals surface area contributed by atoms with Gasteiger partial charge >= 0.3 is 5.97 Å². The highest BCUT2D eigenvalue weighted by Crippen LogP contribution is 2.01. The van der Waals surface area contributed by atoms with Gasteiger partial charge in [-0.1, -0.05) is 18.6 Å². The van der Waals surface area contributed by atoms with E-state index in [9.17, 15) is 9.59 Å². The fourth-order valence-electron chi connectivity index (χ4n) is 0.599. The summed E-state index contributed by atoms with van der Waals surface area (Å²) in [6, 6.07) is 0. The van der Waals surface area contributed by atoms with Crippen LogP contribution >= 0.6 is 0 Å². The molecule has 0 saturated carbocycles. The molecule has 0 atom stereocenters. The van der Waals surface area contributed by atoms with E-state index in [2.05, 4.69) is 0 Å². The number of aliphatic carboxylic acids is 1. The lowest BCUT2D eigenvalue weighted by molar-refractivity contribution is -0.131. The van der Waals surface area contributed by atoms with Gasteiger partial charge in [-0.05, 0) is 47.1 Å². The van der Waals surface area contributed by atoms with Crippen molar-refractivity contribution in [3.63, 3.8) is 0 Å². The average molecular weight is 228 g/mol. The SMILES string of the molecule is C.CC(=O)C(C)=C(C)C.CC(C)=CC(=O)O. The molecule has 0 heterocycles. The maximum absolute atomic E-state index is 10.5. The van der Waals surface area contributed by atoms with Crippen LogP contribution in [0.4, 0.5) is 0 Å². The molecule has 0 fully saturated rings. The molecule has 0 aromatic carbocycles. The Morgan fingerprint density at radius 1 is 0.938 bits per heavy atom. The van der Waals surface area contributed by atoms with Crippen molar-refractivity contribution in [2.45, 2.75) is 49.0 Å². The molecule has 3 heteroatoms. The second kappa shape index (κ2) is 10.1. The molecule has 94 valence electrons. The van der Waals surface area contributed by atoms with Crippen molar-refractivity contribution in [2.75, 3.05) is 0 Å². The van der Waals surface area contributed by atoms with Gasteiger partial charge < -0.3 is 5.11 Å². The van der Waals surface area contributed by atoms with Crippen LogP contribution in [0.25, 0.3) is 0 Å². The highest BCUT2D eigenvalue weighted by molar-refractivity contribution is 5.93. The van der Waals surface area contributed by atoms with Crippen LogP contribution in [0.5, 0.6) is 0 Å². The van der Waals surface area contributed by atoms with Gasteiger partial charge in [0.2, 0.25) is 0 Å². The first-order valence-electron chi connectivity index (χ1n) is 4.71. The third-order valence-electron chi connectivity index (χ3n) is 1.69. The van der Waals surface area contributed by atoms with Crippen LogP contribution in [0.1, 0.15) is 49.0 Å². The monoisotopic (exact) mass is 228 g/mol. The summed E-state index contributed by atoms with van der Waals surface area (Å²) < 4.78 is 0. The van der Waals surface area contributed by atoms with Crippen LogP contribution in [0.3, 0.4) is 0 Å². The van der Waals surface area contributed by atoms with E-state index in [1.807, 2.05) is 20.8 Å². The molecule has 0 radical (unpaired) electrons. The molecule has 0 bridgehead atoms. The quantitative estimate of drug-likeness (QED) is 0.734. The van der Waals surface area contributed by atoms with Crippen molar-refractivity contribution in [1.82, 2.24) is 0 Å². The van der Waals surface area contributed by atoms with Gasteiger partial charge in [-0.15, -0.1) is 0 Å². The lowest BCUT2D eigenvalue weighted by atomic mass is 10.1. The molecular weight excluding hydrogens is 204 g/mol. The van der Waals surface area contributed by atoms with Gasteiger partial charge in [-0.3, -0.25) is 4.79 Å². The molecule has 0 aromatic heterocycles. The minimum atomic E-state index is -0.875. The summed E-state index contributed by atoms with van der Waals surface area (Å²) in [5.41, 5.74) is 2.80. The number of carboxylic acids is 1. The average Bonchev–Trinajstić information content (AvgIpc) is 2.00. The molecular formula is C13H24O3. The zero-order valence-electron chi connectivity index (χ0n) is 10.3. The summed E-state index contributed by atoms with van der Waals surface area (Å²) in [5.74, 6) is -0.704. The molecule has 0 spiro atoms. The van der Waals surface area contributed by atoms with Crippen LogP contribution in [-0.4, -0.2) is 16.9 Å². The van der Waals surface area contributed by atoms with Gasteiger partial charge in [0.15, 0.2) is 5.78 Å². The van der Waals surface area contributed by atoms with Crippen LogP contribution in [0.2, 0.25) is 0 Å². The largest absolute Gasteiger partial charge is 0.478 e. The second-order valence-electron chi connectivity index (χ2n) is 3.74. The topological polar surface area (TPSA) is 54.4 Å². The maximum atomic E-state index is 10.5. The van der Waals surface area contributed by atoms with Gasteiger partial charge in [0, 0.05) is 6.08 Å². The predicted molar refractivity (Wildman–Crippen MR) is 68.5 cm³/mol. The summed E-state index contributed by atoms with van der Waals surface area (Å²) in [4.78, 5) is 20.3. The first kappa shape index (κ1) is 20.1. The van der Waals surface area contributed by atoms with E-state index in [0.29, 0.717) is 0 Å². The number of carboxylic acid groups (broad SMARTS) is 1. The van der Waals surface area contributed by atoms with E-state index in [4.69, 9.17) is 5.11 Å². The number of Topliss-reactive ketones (excluding diaryl/α,β-unsaturated/α-hetero) is 1. The fourth-order valence-corrected chi connectivity index (χ4v) is 0.599. The molecule has 0 aromatic rings. The molecule has 0 aliphatic rings. The molecule has 0 saturated heterocycles. The van der Waals surface area contributed by atoms with E-state index in [1.165, 1.54) is 6.08 Å². The van der Waals surface area contributed by atoms with Crippen LogP contribution in [0.15, 0.2) is 22.8 Å². The van der Waals surface area contributed by atoms with E-state index in [-0.39, 0.29) is 13.2 Å². The van der Waals surface area contributed by atoms with Gasteiger partial charge in [-0.25, -0.2) is 4.79 Å².